The number of fused-ring (bicyclic) bond motifs is 2. The quantitative estimate of drug-likeness (QED) is 0.834. The second-order valence-electron chi connectivity index (χ2n) is 7.37. The molecule has 0 aliphatic carbocycles. The highest BCUT2D eigenvalue weighted by molar-refractivity contribution is 5.96. The van der Waals surface area contributed by atoms with Crippen molar-refractivity contribution in [3.05, 3.63) is 59.2 Å². The summed E-state index contributed by atoms with van der Waals surface area (Å²) in [4.78, 5) is 29.2. The number of rotatable bonds is 2. The molecule has 2 aromatic rings. The highest BCUT2D eigenvalue weighted by atomic mass is 16.2. The first-order chi connectivity index (χ1) is 13.1. The molecule has 0 aromatic heterocycles. The predicted molar refractivity (Wildman–Crippen MR) is 106 cm³/mol. The maximum atomic E-state index is 13.3. The van der Waals surface area contributed by atoms with E-state index in [1.54, 1.807) is 6.92 Å². The Kier molecular flexibility index (Phi) is 4.60. The molecule has 140 valence electrons. The molecule has 0 bridgehead atoms. The normalized spacial score (nSPS) is 18.6. The van der Waals surface area contributed by atoms with Crippen molar-refractivity contribution >= 4 is 23.2 Å². The van der Waals surface area contributed by atoms with Crippen molar-refractivity contribution in [2.75, 3.05) is 23.7 Å². The zero-order valence-corrected chi connectivity index (χ0v) is 15.6. The van der Waals surface area contributed by atoms with Gasteiger partial charge in [0.05, 0.1) is 12.5 Å². The second kappa shape index (κ2) is 7.06. The van der Waals surface area contributed by atoms with Gasteiger partial charge in [-0.15, -0.1) is 0 Å². The van der Waals surface area contributed by atoms with Crippen LogP contribution in [-0.2, 0) is 22.4 Å². The van der Waals surface area contributed by atoms with E-state index < -0.39 is 0 Å². The molecule has 2 N–H and O–H groups in total. The van der Waals surface area contributed by atoms with Crippen LogP contribution in [0.15, 0.2) is 42.5 Å². The molecule has 2 aliphatic heterocycles. The Balaban J connectivity index is 1.64. The summed E-state index contributed by atoms with van der Waals surface area (Å²) < 4.78 is 0. The summed E-state index contributed by atoms with van der Waals surface area (Å²) in [5, 5.41) is 0. The molecule has 1 atom stereocenters. The number of hydrogen-bond acceptors (Lipinski definition) is 3. The van der Waals surface area contributed by atoms with E-state index in [4.69, 9.17) is 5.73 Å². The van der Waals surface area contributed by atoms with E-state index in [0.717, 1.165) is 41.8 Å². The van der Waals surface area contributed by atoms with Crippen LogP contribution >= 0.6 is 0 Å². The van der Waals surface area contributed by atoms with E-state index >= 15 is 0 Å². The molecule has 2 aromatic carbocycles. The molecule has 2 heterocycles. The standard InChI is InChI=1S/C22H25N3O2/c1-15(26)24-13-11-16-6-2-3-7-17(16)21(24)14-22(27)25-12-5-8-18-19(23)9-4-10-20(18)25/h2-4,6-7,9-10,21H,5,8,11-14,23H2,1H3. The van der Waals surface area contributed by atoms with Crippen LogP contribution in [0.25, 0.3) is 0 Å². The molecule has 4 rings (SSSR count). The van der Waals surface area contributed by atoms with E-state index in [2.05, 4.69) is 6.07 Å². The van der Waals surface area contributed by atoms with Gasteiger partial charge in [0.15, 0.2) is 0 Å². The maximum Gasteiger partial charge on any atom is 0.229 e. The summed E-state index contributed by atoms with van der Waals surface area (Å²) in [6.45, 7) is 2.94. The fraction of sp³-hybridized carbons (Fsp3) is 0.364. The molecule has 1 unspecified atom stereocenters. The van der Waals surface area contributed by atoms with Gasteiger partial charge < -0.3 is 15.5 Å². The smallest absolute Gasteiger partial charge is 0.229 e. The Morgan fingerprint density at radius 3 is 2.70 bits per heavy atom. The average Bonchev–Trinajstić information content (AvgIpc) is 2.68. The molecule has 0 radical (unpaired) electrons. The molecule has 0 saturated carbocycles. The summed E-state index contributed by atoms with van der Waals surface area (Å²) in [7, 11) is 0. The lowest BCUT2D eigenvalue weighted by Gasteiger charge is -2.38. The van der Waals surface area contributed by atoms with Crippen LogP contribution in [0.1, 0.15) is 42.5 Å². The summed E-state index contributed by atoms with van der Waals surface area (Å²) in [6, 6.07) is 13.7. The molecule has 0 spiro atoms. The highest BCUT2D eigenvalue weighted by Gasteiger charge is 2.33. The third kappa shape index (κ3) is 3.18. The number of carbonyl (C=O) groups is 2. The van der Waals surface area contributed by atoms with Crippen LogP contribution in [-0.4, -0.2) is 29.8 Å². The molecular formula is C22H25N3O2. The van der Waals surface area contributed by atoms with Gasteiger partial charge in [-0.3, -0.25) is 9.59 Å². The van der Waals surface area contributed by atoms with Gasteiger partial charge in [-0.2, -0.15) is 0 Å². The van der Waals surface area contributed by atoms with Gasteiger partial charge in [-0.25, -0.2) is 0 Å². The van der Waals surface area contributed by atoms with Crippen molar-refractivity contribution in [2.45, 2.75) is 38.6 Å². The minimum absolute atomic E-state index is 0.0191. The Morgan fingerprint density at radius 2 is 1.89 bits per heavy atom. The van der Waals surface area contributed by atoms with Crippen LogP contribution in [0.2, 0.25) is 0 Å². The summed E-state index contributed by atoms with van der Waals surface area (Å²) in [6.07, 6.45) is 2.94. The lowest BCUT2D eigenvalue weighted by atomic mass is 9.90. The van der Waals surface area contributed by atoms with E-state index in [1.807, 2.05) is 46.2 Å². The minimum atomic E-state index is -0.202. The predicted octanol–water partition coefficient (Wildman–Crippen LogP) is 3.08. The molecule has 27 heavy (non-hydrogen) atoms. The highest BCUT2D eigenvalue weighted by Crippen LogP contribution is 2.36. The van der Waals surface area contributed by atoms with E-state index in [-0.39, 0.29) is 17.9 Å². The Morgan fingerprint density at radius 1 is 1.07 bits per heavy atom. The summed E-state index contributed by atoms with van der Waals surface area (Å²) in [5.74, 6) is 0.0695. The van der Waals surface area contributed by atoms with Crippen molar-refractivity contribution in [1.29, 1.82) is 0 Å². The Labute approximate surface area is 159 Å². The first-order valence-corrected chi connectivity index (χ1v) is 9.59. The number of nitrogens with zero attached hydrogens (tertiary/aromatic N) is 2. The molecule has 2 aliphatic rings. The fourth-order valence-electron chi connectivity index (χ4n) is 4.43. The van der Waals surface area contributed by atoms with E-state index in [1.165, 1.54) is 5.56 Å². The summed E-state index contributed by atoms with van der Waals surface area (Å²) >= 11 is 0. The number of nitrogen functional groups attached to an aromatic ring is 1. The summed E-state index contributed by atoms with van der Waals surface area (Å²) in [5.41, 5.74) is 11.2. The molecule has 5 nitrogen and oxygen atoms in total. The number of benzene rings is 2. The van der Waals surface area contributed by atoms with Crippen LogP contribution in [0.3, 0.4) is 0 Å². The maximum absolute atomic E-state index is 13.3. The number of carbonyl (C=O) groups excluding carboxylic acids is 2. The minimum Gasteiger partial charge on any atom is -0.398 e. The average molecular weight is 363 g/mol. The third-order valence-electron chi connectivity index (χ3n) is 5.77. The number of nitrogens with two attached hydrogens (primary N) is 1. The zero-order valence-electron chi connectivity index (χ0n) is 15.6. The van der Waals surface area contributed by atoms with Crippen molar-refractivity contribution in [2.24, 2.45) is 0 Å². The molecule has 2 amide bonds. The fourth-order valence-corrected chi connectivity index (χ4v) is 4.43. The van der Waals surface area contributed by atoms with E-state index in [9.17, 15) is 9.59 Å². The molecule has 5 heteroatoms. The van der Waals surface area contributed by atoms with Gasteiger partial charge >= 0.3 is 0 Å². The third-order valence-corrected chi connectivity index (χ3v) is 5.77. The van der Waals surface area contributed by atoms with Crippen molar-refractivity contribution in [3.8, 4) is 0 Å². The van der Waals surface area contributed by atoms with Crippen molar-refractivity contribution in [1.82, 2.24) is 4.90 Å². The Hall–Kier alpha value is -2.82. The van der Waals surface area contributed by atoms with Gasteiger partial charge in [0.1, 0.15) is 0 Å². The molecular weight excluding hydrogens is 338 g/mol. The molecule has 0 saturated heterocycles. The monoisotopic (exact) mass is 363 g/mol. The lowest BCUT2D eigenvalue weighted by Crippen LogP contribution is -2.43. The van der Waals surface area contributed by atoms with Gasteiger partial charge in [-0.1, -0.05) is 30.3 Å². The Bertz CT molecular complexity index is 893. The van der Waals surface area contributed by atoms with Gasteiger partial charge in [0.2, 0.25) is 11.8 Å². The van der Waals surface area contributed by atoms with Crippen LogP contribution < -0.4 is 10.6 Å². The van der Waals surface area contributed by atoms with Crippen molar-refractivity contribution < 1.29 is 9.59 Å². The number of amides is 2. The SMILES string of the molecule is CC(=O)N1CCc2ccccc2C1CC(=O)N1CCCc2c(N)cccc21. The van der Waals surface area contributed by atoms with E-state index in [0.29, 0.717) is 19.5 Å². The first-order valence-electron chi connectivity index (χ1n) is 9.59. The first kappa shape index (κ1) is 17.6. The number of hydrogen-bond donors (Lipinski definition) is 1. The van der Waals surface area contributed by atoms with Gasteiger partial charge in [-0.05, 0) is 48.1 Å². The largest absolute Gasteiger partial charge is 0.398 e. The molecule has 0 fully saturated rings. The number of anilines is 2. The van der Waals surface area contributed by atoms with Crippen LogP contribution in [0.5, 0.6) is 0 Å². The topological polar surface area (TPSA) is 66.6 Å². The zero-order chi connectivity index (χ0) is 19.0. The van der Waals surface area contributed by atoms with Gasteiger partial charge in [0.25, 0.3) is 0 Å². The second-order valence-corrected chi connectivity index (χ2v) is 7.37. The van der Waals surface area contributed by atoms with Crippen LogP contribution in [0.4, 0.5) is 11.4 Å². The van der Waals surface area contributed by atoms with Crippen LogP contribution in [0, 0.1) is 0 Å². The lowest BCUT2D eigenvalue weighted by molar-refractivity contribution is -0.133. The van der Waals surface area contributed by atoms with Crippen molar-refractivity contribution in [3.63, 3.8) is 0 Å². The van der Waals surface area contributed by atoms with Gasteiger partial charge in [0, 0.05) is 31.4 Å².